The molecular formula is C25H30N4O3. The van der Waals surface area contributed by atoms with E-state index >= 15 is 0 Å². The number of amides is 3. The smallest absolute Gasteiger partial charge is 0.227 e. The SMILES string of the molecule is O=C(NCCN1CCN(C(=O)Cc2ccccc2)CC1)C1CC(=O)N(c2ccccc2)C1. The standard InChI is InChI=1S/C25H30N4O3/c30-23(17-20-7-3-1-4-8-20)28-15-13-27(14-16-28)12-11-26-25(32)21-18-24(31)29(19-21)22-9-5-2-6-10-22/h1-10,21H,11-19H2,(H,26,32). The molecule has 2 aromatic carbocycles. The maximum atomic E-state index is 12.6. The average molecular weight is 435 g/mol. The van der Waals surface area contributed by atoms with Crippen LogP contribution in [0.15, 0.2) is 60.7 Å². The largest absolute Gasteiger partial charge is 0.355 e. The first-order chi connectivity index (χ1) is 15.6. The van der Waals surface area contributed by atoms with E-state index in [1.54, 1.807) is 4.90 Å². The molecule has 2 heterocycles. The van der Waals surface area contributed by atoms with E-state index in [0.717, 1.165) is 30.9 Å². The van der Waals surface area contributed by atoms with Crippen molar-refractivity contribution in [2.24, 2.45) is 5.92 Å². The molecule has 1 atom stereocenters. The second kappa shape index (κ2) is 10.4. The average Bonchev–Trinajstić information content (AvgIpc) is 3.22. The fraction of sp³-hybridized carbons (Fsp3) is 0.400. The lowest BCUT2D eigenvalue weighted by Gasteiger charge is -2.34. The van der Waals surface area contributed by atoms with Gasteiger partial charge in [0.2, 0.25) is 17.7 Å². The summed E-state index contributed by atoms with van der Waals surface area (Å²) in [5.41, 5.74) is 1.88. The first-order valence-electron chi connectivity index (χ1n) is 11.3. The number of anilines is 1. The Morgan fingerprint density at radius 2 is 1.56 bits per heavy atom. The summed E-state index contributed by atoms with van der Waals surface area (Å²) in [7, 11) is 0. The van der Waals surface area contributed by atoms with Gasteiger partial charge in [0.25, 0.3) is 0 Å². The molecule has 0 aromatic heterocycles. The van der Waals surface area contributed by atoms with Gasteiger partial charge in [-0.25, -0.2) is 0 Å². The van der Waals surface area contributed by atoms with Crippen LogP contribution in [0.25, 0.3) is 0 Å². The van der Waals surface area contributed by atoms with E-state index in [-0.39, 0.29) is 30.1 Å². The van der Waals surface area contributed by atoms with Gasteiger partial charge in [-0.1, -0.05) is 48.5 Å². The summed E-state index contributed by atoms with van der Waals surface area (Å²) in [6.45, 7) is 4.75. The Morgan fingerprint density at radius 1 is 0.906 bits per heavy atom. The number of benzene rings is 2. The summed E-state index contributed by atoms with van der Waals surface area (Å²) in [5.74, 6) is -0.214. The number of nitrogens with zero attached hydrogens (tertiary/aromatic N) is 3. The second-order valence-corrected chi connectivity index (χ2v) is 8.42. The molecule has 2 aromatic rings. The number of hydrogen-bond acceptors (Lipinski definition) is 4. The first-order valence-corrected chi connectivity index (χ1v) is 11.3. The number of hydrogen-bond donors (Lipinski definition) is 1. The third-order valence-corrected chi connectivity index (χ3v) is 6.21. The van der Waals surface area contributed by atoms with Gasteiger partial charge in [-0.3, -0.25) is 19.3 Å². The summed E-state index contributed by atoms with van der Waals surface area (Å²) in [5, 5.41) is 2.99. The van der Waals surface area contributed by atoms with Crippen molar-refractivity contribution in [1.82, 2.24) is 15.1 Å². The molecule has 0 bridgehead atoms. The highest BCUT2D eigenvalue weighted by atomic mass is 16.2. The van der Waals surface area contributed by atoms with Crippen LogP contribution < -0.4 is 10.2 Å². The number of nitrogens with one attached hydrogen (secondary N) is 1. The van der Waals surface area contributed by atoms with Gasteiger partial charge >= 0.3 is 0 Å². The van der Waals surface area contributed by atoms with Crippen LogP contribution in [-0.2, 0) is 20.8 Å². The Hall–Kier alpha value is -3.19. The monoisotopic (exact) mass is 434 g/mol. The summed E-state index contributed by atoms with van der Waals surface area (Å²) in [6.07, 6.45) is 0.694. The van der Waals surface area contributed by atoms with Crippen molar-refractivity contribution in [3.63, 3.8) is 0 Å². The minimum Gasteiger partial charge on any atom is -0.355 e. The predicted molar refractivity (Wildman–Crippen MR) is 123 cm³/mol. The van der Waals surface area contributed by atoms with Gasteiger partial charge in [-0.15, -0.1) is 0 Å². The molecule has 2 aliphatic heterocycles. The third kappa shape index (κ3) is 5.53. The Morgan fingerprint density at radius 3 is 2.25 bits per heavy atom. The lowest BCUT2D eigenvalue weighted by Crippen LogP contribution is -2.50. The van der Waals surface area contributed by atoms with E-state index in [1.165, 1.54) is 0 Å². The molecule has 0 radical (unpaired) electrons. The van der Waals surface area contributed by atoms with Gasteiger partial charge in [0.05, 0.1) is 12.3 Å². The molecule has 0 saturated carbocycles. The molecule has 0 spiro atoms. The molecule has 0 aliphatic carbocycles. The van der Waals surface area contributed by atoms with Crippen LogP contribution in [0, 0.1) is 5.92 Å². The molecule has 2 saturated heterocycles. The minimum absolute atomic E-state index is 0.00681. The zero-order valence-corrected chi connectivity index (χ0v) is 18.3. The van der Waals surface area contributed by atoms with E-state index in [9.17, 15) is 14.4 Å². The molecule has 1 unspecified atom stereocenters. The number of rotatable bonds is 7. The Balaban J connectivity index is 1.15. The second-order valence-electron chi connectivity index (χ2n) is 8.42. The quantitative estimate of drug-likeness (QED) is 0.718. The summed E-state index contributed by atoms with van der Waals surface area (Å²) >= 11 is 0. The molecule has 168 valence electrons. The highest BCUT2D eigenvalue weighted by Gasteiger charge is 2.35. The van der Waals surface area contributed by atoms with Crippen LogP contribution >= 0.6 is 0 Å². The van der Waals surface area contributed by atoms with Crippen molar-refractivity contribution in [3.8, 4) is 0 Å². The zero-order valence-electron chi connectivity index (χ0n) is 18.3. The Bertz CT molecular complexity index is 927. The number of para-hydroxylation sites is 1. The number of carbonyl (C=O) groups excluding carboxylic acids is 3. The van der Waals surface area contributed by atoms with Gasteiger partial charge in [-0.2, -0.15) is 0 Å². The fourth-order valence-electron chi connectivity index (χ4n) is 4.33. The highest BCUT2D eigenvalue weighted by Crippen LogP contribution is 2.24. The molecule has 7 heteroatoms. The molecular weight excluding hydrogens is 404 g/mol. The van der Waals surface area contributed by atoms with Crippen LogP contribution in [0.5, 0.6) is 0 Å². The maximum Gasteiger partial charge on any atom is 0.227 e. The minimum atomic E-state index is -0.310. The lowest BCUT2D eigenvalue weighted by atomic mass is 10.1. The Kier molecular flexibility index (Phi) is 7.17. The van der Waals surface area contributed by atoms with Gasteiger partial charge < -0.3 is 15.1 Å². The van der Waals surface area contributed by atoms with Gasteiger partial charge in [0, 0.05) is 57.9 Å². The lowest BCUT2D eigenvalue weighted by molar-refractivity contribution is -0.132. The van der Waals surface area contributed by atoms with E-state index in [1.807, 2.05) is 65.6 Å². The number of piperazine rings is 1. The van der Waals surface area contributed by atoms with Gasteiger partial charge in [0.15, 0.2) is 0 Å². The van der Waals surface area contributed by atoms with Gasteiger partial charge in [-0.05, 0) is 17.7 Å². The molecule has 1 N–H and O–H groups in total. The van der Waals surface area contributed by atoms with Crippen LogP contribution in [-0.4, -0.2) is 73.3 Å². The Labute approximate surface area is 189 Å². The highest BCUT2D eigenvalue weighted by molar-refractivity contribution is 6.00. The van der Waals surface area contributed by atoms with Crippen LogP contribution in [0.2, 0.25) is 0 Å². The molecule has 4 rings (SSSR count). The fourth-order valence-corrected chi connectivity index (χ4v) is 4.33. The topological polar surface area (TPSA) is 73.0 Å². The predicted octanol–water partition coefficient (Wildman–Crippen LogP) is 1.54. The van der Waals surface area contributed by atoms with E-state index < -0.39 is 0 Å². The normalized spacial score (nSPS) is 19.2. The summed E-state index contributed by atoms with van der Waals surface area (Å²) in [6, 6.07) is 19.3. The maximum absolute atomic E-state index is 12.6. The molecule has 32 heavy (non-hydrogen) atoms. The first kappa shape index (κ1) is 22.0. The summed E-state index contributed by atoms with van der Waals surface area (Å²) in [4.78, 5) is 43.3. The van der Waals surface area contributed by atoms with Crippen LogP contribution in [0.1, 0.15) is 12.0 Å². The van der Waals surface area contributed by atoms with Crippen molar-refractivity contribution < 1.29 is 14.4 Å². The van der Waals surface area contributed by atoms with E-state index in [4.69, 9.17) is 0 Å². The third-order valence-electron chi connectivity index (χ3n) is 6.21. The summed E-state index contributed by atoms with van der Waals surface area (Å²) < 4.78 is 0. The van der Waals surface area contributed by atoms with Crippen molar-refractivity contribution in [1.29, 1.82) is 0 Å². The van der Waals surface area contributed by atoms with Crippen LogP contribution in [0.4, 0.5) is 5.69 Å². The molecule has 2 aliphatic rings. The van der Waals surface area contributed by atoms with E-state index in [0.29, 0.717) is 32.6 Å². The van der Waals surface area contributed by atoms with Crippen LogP contribution in [0.3, 0.4) is 0 Å². The van der Waals surface area contributed by atoms with Crippen molar-refractivity contribution >= 4 is 23.4 Å². The molecule has 3 amide bonds. The van der Waals surface area contributed by atoms with Crippen molar-refractivity contribution in [2.75, 3.05) is 50.7 Å². The van der Waals surface area contributed by atoms with Crippen molar-refractivity contribution in [3.05, 3.63) is 66.2 Å². The van der Waals surface area contributed by atoms with Gasteiger partial charge in [0.1, 0.15) is 0 Å². The number of carbonyl (C=O) groups is 3. The van der Waals surface area contributed by atoms with Crippen molar-refractivity contribution in [2.45, 2.75) is 12.8 Å². The molecule has 7 nitrogen and oxygen atoms in total. The molecule has 2 fully saturated rings. The van der Waals surface area contributed by atoms with E-state index in [2.05, 4.69) is 10.2 Å². The zero-order chi connectivity index (χ0) is 22.3.